The van der Waals surface area contributed by atoms with E-state index >= 15 is 0 Å². The first-order chi connectivity index (χ1) is 21.8. The fourth-order valence-electron chi connectivity index (χ4n) is 6.39. The van der Waals surface area contributed by atoms with Gasteiger partial charge in [-0.3, -0.25) is 14.5 Å². The molecule has 1 fully saturated rings. The highest BCUT2D eigenvalue weighted by atomic mass is 16.5. The van der Waals surface area contributed by atoms with Gasteiger partial charge in [0.1, 0.15) is 17.6 Å². The van der Waals surface area contributed by atoms with Crippen molar-refractivity contribution in [1.82, 2.24) is 24.7 Å². The van der Waals surface area contributed by atoms with Crippen molar-refractivity contribution >= 4 is 28.5 Å². The number of nitrogens with zero attached hydrogens (tertiary/aromatic N) is 6. The molecule has 0 aliphatic carbocycles. The van der Waals surface area contributed by atoms with Crippen molar-refractivity contribution in [3.63, 3.8) is 0 Å². The Hall–Kier alpha value is -4.50. The molecule has 0 saturated carbocycles. The number of likely N-dealkylation sites (N-methyl/N-ethyl adjacent to an activating group) is 1. The molecule has 1 saturated heterocycles. The Bertz CT molecular complexity index is 1600. The summed E-state index contributed by atoms with van der Waals surface area (Å²) >= 11 is 0. The molecule has 2 aliphatic rings. The molecular formula is C33H43N7O5. The molecule has 1 unspecified atom stereocenters. The lowest BCUT2D eigenvalue weighted by Crippen LogP contribution is -2.42. The van der Waals surface area contributed by atoms with Crippen molar-refractivity contribution in [3.05, 3.63) is 41.2 Å². The van der Waals surface area contributed by atoms with Crippen molar-refractivity contribution < 1.29 is 23.8 Å². The number of nitriles is 1. The number of aromatic nitrogens is 2. The maximum Gasteiger partial charge on any atom is 0.270 e. The Kier molecular flexibility index (Phi) is 9.98. The number of nitrogens with one attached hydrogen (secondary N) is 1. The third-order valence-electron chi connectivity index (χ3n) is 8.86. The summed E-state index contributed by atoms with van der Waals surface area (Å²) in [7, 11) is 6.57. The number of carbonyl (C=O) groups is 2. The number of aryl methyl sites for hydroxylation is 1. The quantitative estimate of drug-likeness (QED) is 0.460. The number of amides is 2. The van der Waals surface area contributed by atoms with Gasteiger partial charge in [-0.05, 0) is 37.4 Å². The number of hydrogen-bond acceptors (Lipinski definition) is 9. The number of anilines is 1. The third-order valence-corrected chi connectivity index (χ3v) is 8.86. The largest absolute Gasteiger partial charge is 0.493 e. The monoisotopic (exact) mass is 617 g/mol. The number of methoxy groups -OCH3 is 3. The van der Waals surface area contributed by atoms with Crippen LogP contribution < -0.4 is 24.4 Å². The molecule has 2 bridgehead atoms. The minimum atomic E-state index is -0.201. The Morgan fingerprint density at radius 2 is 1.89 bits per heavy atom. The van der Waals surface area contributed by atoms with Crippen molar-refractivity contribution in [2.45, 2.75) is 32.7 Å². The number of pyridine rings is 1. The fourth-order valence-corrected chi connectivity index (χ4v) is 6.39. The summed E-state index contributed by atoms with van der Waals surface area (Å²) in [5.41, 5.74) is 2.64. The molecule has 2 aromatic heterocycles. The fraction of sp³-hybridized carbons (Fsp3) is 0.515. The predicted molar refractivity (Wildman–Crippen MR) is 171 cm³/mol. The predicted octanol–water partition coefficient (Wildman–Crippen LogP) is 3.17. The van der Waals surface area contributed by atoms with Gasteiger partial charge in [0.2, 0.25) is 11.7 Å². The van der Waals surface area contributed by atoms with E-state index in [4.69, 9.17) is 19.2 Å². The Labute approximate surface area is 264 Å². The van der Waals surface area contributed by atoms with E-state index in [0.717, 1.165) is 54.8 Å². The van der Waals surface area contributed by atoms with E-state index in [1.165, 1.54) is 0 Å². The molecule has 2 aliphatic heterocycles. The van der Waals surface area contributed by atoms with Crippen LogP contribution in [0.2, 0.25) is 0 Å². The maximum absolute atomic E-state index is 13.7. The topological polar surface area (TPSA) is 125 Å². The summed E-state index contributed by atoms with van der Waals surface area (Å²) in [4.78, 5) is 38.2. The van der Waals surface area contributed by atoms with Crippen LogP contribution in [0.3, 0.4) is 0 Å². The van der Waals surface area contributed by atoms with E-state index in [1.54, 1.807) is 50.1 Å². The van der Waals surface area contributed by atoms with Gasteiger partial charge in [0.15, 0.2) is 11.5 Å². The van der Waals surface area contributed by atoms with Crippen molar-refractivity contribution in [1.29, 1.82) is 5.26 Å². The molecule has 4 heterocycles. The Balaban J connectivity index is 1.55. The van der Waals surface area contributed by atoms with Gasteiger partial charge in [-0.2, -0.15) is 5.26 Å². The zero-order valence-corrected chi connectivity index (χ0v) is 26.9. The van der Waals surface area contributed by atoms with Gasteiger partial charge >= 0.3 is 0 Å². The highest BCUT2D eigenvalue weighted by Crippen LogP contribution is 2.44. The van der Waals surface area contributed by atoms with Crippen LogP contribution in [0.5, 0.6) is 17.2 Å². The van der Waals surface area contributed by atoms with Crippen molar-refractivity contribution in [2.75, 3.05) is 72.0 Å². The minimum Gasteiger partial charge on any atom is -0.493 e. The number of piperidine rings is 1. The normalized spacial score (nSPS) is 18.3. The molecule has 12 nitrogen and oxygen atoms in total. The van der Waals surface area contributed by atoms with Crippen LogP contribution in [0.25, 0.3) is 10.9 Å². The zero-order valence-electron chi connectivity index (χ0n) is 26.9. The van der Waals surface area contributed by atoms with Crippen LogP contribution in [0.1, 0.15) is 47.8 Å². The van der Waals surface area contributed by atoms with Gasteiger partial charge in [-0.1, -0.05) is 6.92 Å². The molecule has 0 radical (unpaired) electrons. The van der Waals surface area contributed by atoms with Crippen LogP contribution in [0.15, 0.2) is 24.4 Å². The van der Waals surface area contributed by atoms with E-state index in [9.17, 15) is 14.9 Å². The van der Waals surface area contributed by atoms with E-state index in [2.05, 4.69) is 34.2 Å². The lowest BCUT2D eigenvalue weighted by Gasteiger charge is -2.35. The van der Waals surface area contributed by atoms with Gasteiger partial charge in [-0.25, -0.2) is 4.98 Å². The molecular weight excluding hydrogens is 574 g/mol. The Morgan fingerprint density at radius 1 is 1.09 bits per heavy atom. The number of rotatable bonds is 5. The molecule has 12 heteroatoms. The summed E-state index contributed by atoms with van der Waals surface area (Å²) in [5.74, 6) is 2.53. The van der Waals surface area contributed by atoms with Crippen LogP contribution >= 0.6 is 0 Å². The first kappa shape index (κ1) is 31.9. The van der Waals surface area contributed by atoms with E-state index in [0.29, 0.717) is 54.7 Å². The van der Waals surface area contributed by atoms with E-state index in [-0.39, 0.29) is 30.7 Å². The summed E-state index contributed by atoms with van der Waals surface area (Å²) in [6.07, 6.45) is 3.86. The second kappa shape index (κ2) is 14.1. The average molecular weight is 618 g/mol. The molecule has 240 valence electrons. The molecule has 2 amide bonds. The second-order valence-corrected chi connectivity index (χ2v) is 11.7. The highest BCUT2D eigenvalue weighted by molar-refractivity contribution is 5.94. The molecule has 1 N–H and O–H groups in total. The molecule has 5 rings (SSSR count). The van der Waals surface area contributed by atoms with Crippen LogP contribution in [-0.2, 0) is 18.4 Å². The number of ether oxygens (including phenoxy) is 3. The SMILES string of the molecule is CCN1CCN(C(=O)c2cc(C#N)cn2C)CCC(=O)NCC2CCCN(C2)c2nc3cc(OC)c(OC)c(OC)c3cc2C1. The summed E-state index contributed by atoms with van der Waals surface area (Å²) in [5, 5.41) is 13.3. The smallest absolute Gasteiger partial charge is 0.270 e. The molecule has 1 aromatic carbocycles. The van der Waals surface area contributed by atoms with Crippen LogP contribution in [0, 0.1) is 17.2 Å². The van der Waals surface area contributed by atoms with E-state index in [1.807, 2.05) is 6.07 Å². The molecule has 1 atom stereocenters. The number of hydrogen-bond donors (Lipinski definition) is 1. The Morgan fingerprint density at radius 3 is 2.58 bits per heavy atom. The van der Waals surface area contributed by atoms with Crippen LogP contribution in [-0.4, -0.2) is 98.3 Å². The first-order valence-corrected chi connectivity index (χ1v) is 15.5. The third kappa shape index (κ3) is 6.78. The van der Waals surface area contributed by atoms with Gasteiger partial charge in [0.25, 0.3) is 5.91 Å². The molecule has 0 spiro atoms. The van der Waals surface area contributed by atoms with Gasteiger partial charge in [0.05, 0.1) is 32.4 Å². The van der Waals surface area contributed by atoms with Crippen molar-refractivity contribution in [2.24, 2.45) is 13.0 Å². The molecule has 3 aromatic rings. The summed E-state index contributed by atoms with van der Waals surface area (Å²) in [6.45, 7) is 6.96. The maximum atomic E-state index is 13.7. The average Bonchev–Trinajstić information content (AvgIpc) is 3.45. The lowest BCUT2D eigenvalue weighted by atomic mass is 9.97. The molecule has 45 heavy (non-hydrogen) atoms. The number of fused-ring (bicyclic) bond motifs is 5. The standard InChI is InChI=1S/C33H43N7O5/c1-6-38-12-13-39(33(42)27-14-23(17-34)19-37(27)2)11-9-29(41)35-18-22-8-7-10-40(20-22)32-24(21-38)15-25-26(36-32)16-28(43-3)31(45-5)30(25)44-4/h14-16,19,22H,6-13,18,20-21H2,1-5H3,(H,35,41). The second-order valence-electron chi connectivity index (χ2n) is 11.7. The van der Waals surface area contributed by atoms with Gasteiger partial charge in [0, 0.05) is 82.5 Å². The minimum absolute atomic E-state index is 0.0746. The number of carbonyl (C=O) groups excluding carboxylic acids is 2. The van der Waals surface area contributed by atoms with E-state index < -0.39 is 0 Å². The van der Waals surface area contributed by atoms with Crippen molar-refractivity contribution in [3.8, 4) is 23.3 Å². The summed E-state index contributed by atoms with van der Waals surface area (Å²) < 4.78 is 18.8. The highest BCUT2D eigenvalue weighted by Gasteiger charge is 2.28. The van der Waals surface area contributed by atoms with Gasteiger partial charge in [-0.15, -0.1) is 0 Å². The van der Waals surface area contributed by atoms with Crippen LogP contribution in [0.4, 0.5) is 5.82 Å². The zero-order chi connectivity index (χ0) is 32.1. The first-order valence-electron chi connectivity index (χ1n) is 15.5. The van der Waals surface area contributed by atoms with Gasteiger partial charge < -0.3 is 33.9 Å². The summed E-state index contributed by atoms with van der Waals surface area (Å²) in [6, 6.07) is 7.74. The lowest BCUT2D eigenvalue weighted by molar-refractivity contribution is -0.121. The number of benzene rings is 1.